The first kappa shape index (κ1) is 21.0. The molecular weight excluding hydrogens is 360 g/mol. The van der Waals surface area contributed by atoms with Crippen LogP contribution in [0.15, 0.2) is 48.5 Å². The van der Waals surface area contributed by atoms with E-state index >= 15 is 0 Å². The lowest BCUT2D eigenvalue weighted by Crippen LogP contribution is -2.31. The van der Waals surface area contributed by atoms with E-state index in [2.05, 4.69) is 19.2 Å². The molecule has 1 amide bonds. The van der Waals surface area contributed by atoms with E-state index in [9.17, 15) is 13.2 Å². The molecule has 0 saturated carbocycles. The molecule has 0 heterocycles. The highest BCUT2D eigenvalue weighted by Gasteiger charge is 2.17. The number of nitrogens with zero attached hydrogens (tertiary/aromatic N) is 1. The Bertz CT molecular complexity index is 875. The Kier molecular flexibility index (Phi) is 7.02. The highest BCUT2D eigenvalue weighted by molar-refractivity contribution is 7.92. The highest BCUT2D eigenvalue weighted by atomic mass is 32.2. The molecule has 0 fully saturated rings. The number of para-hydroxylation sites is 1. The van der Waals surface area contributed by atoms with Gasteiger partial charge >= 0.3 is 0 Å². The number of hydrogen-bond acceptors (Lipinski definition) is 3. The Morgan fingerprint density at radius 3 is 2.30 bits per heavy atom. The summed E-state index contributed by atoms with van der Waals surface area (Å²) in [5, 5.41) is 2.94. The molecule has 0 spiro atoms. The van der Waals surface area contributed by atoms with Crippen LogP contribution in [-0.2, 0) is 14.8 Å². The van der Waals surface area contributed by atoms with Crippen molar-refractivity contribution >= 4 is 27.3 Å². The first-order valence-corrected chi connectivity index (χ1v) is 11.0. The summed E-state index contributed by atoms with van der Waals surface area (Å²) < 4.78 is 25.6. The summed E-state index contributed by atoms with van der Waals surface area (Å²) in [5.41, 5.74) is 3.59. The van der Waals surface area contributed by atoms with Crippen LogP contribution in [0.3, 0.4) is 0 Å². The number of carbonyl (C=O) groups excluding carboxylic acids is 1. The van der Waals surface area contributed by atoms with Crippen molar-refractivity contribution in [3.05, 3.63) is 59.7 Å². The van der Waals surface area contributed by atoms with Gasteiger partial charge in [0.25, 0.3) is 0 Å². The van der Waals surface area contributed by atoms with Gasteiger partial charge in [0.1, 0.15) is 0 Å². The van der Waals surface area contributed by atoms with Gasteiger partial charge in [-0.1, -0.05) is 49.7 Å². The van der Waals surface area contributed by atoms with Gasteiger partial charge in [-0.2, -0.15) is 0 Å². The van der Waals surface area contributed by atoms with Gasteiger partial charge in [-0.3, -0.25) is 9.10 Å². The van der Waals surface area contributed by atoms with E-state index in [1.165, 1.54) is 10.6 Å². The molecule has 0 aliphatic rings. The van der Waals surface area contributed by atoms with Crippen LogP contribution in [-0.4, -0.2) is 27.1 Å². The zero-order valence-electron chi connectivity index (χ0n) is 16.4. The topological polar surface area (TPSA) is 66.5 Å². The van der Waals surface area contributed by atoms with Crippen LogP contribution in [0, 0.1) is 6.92 Å². The van der Waals surface area contributed by atoms with Gasteiger partial charge in [-0.15, -0.1) is 0 Å². The molecule has 5 nitrogen and oxygen atoms in total. The second kappa shape index (κ2) is 9.04. The smallest absolute Gasteiger partial charge is 0.232 e. The number of benzene rings is 2. The lowest BCUT2D eigenvalue weighted by molar-refractivity contribution is -0.116. The van der Waals surface area contributed by atoms with Crippen molar-refractivity contribution in [1.82, 2.24) is 0 Å². The van der Waals surface area contributed by atoms with Crippen molar-refractivity contribution in [1.29, 1.82) is 0 Å². The molecular formula is C21H28N2O3S. The molecule has 146 valence electrons. The van der Waals surface area contributed by atoms with Crippen molar-refractivity contribution in [2.45, 2.75) is 39.5 Å². The fraction of sp³-hybridized carbons (Fsp3) is 0.381. The van der Waals surface area contributed by atoms with Crippen LogP contribution in [0.2, 0.25) is 0 Å². The number of aryl methyl sites for hydroxylation is 1. The Morgan fingerprint density at radius 2 is 1.70 bits per heavy atom. The van der Waals surface area contributed by atoms with Crippen LogP contribution < -0.4 is 9.62 Å². The quantitative estimate of drug-likeness (QED) is 0.733. The first-order valence-electron chi connectivity index (χ1n) is 9.11. The average Bonchev–Trinajstić information content (AvgIpc) is 2.59. The van der Waals surface area contributed by atoms with Crippen molar-refractivity contribution < 1.29 is 13.2 Å². The lowest BCUT2D eigenvalue weighted by Gasteiger charge is -2.22. The predicted octanol–water partition coefficient (Wildman–Crippen LogP) is 4.30. The third-order valence-electron chi connectivity index (χ3n) is 4.34. The van der Waals surface area contributed by atoms with E-state index in [1.54, 1.807) is 12.1 Å². The fourth-order valence-electron chi connectivity index (χ4n) is 2.91. The van der Waals surface area contributed by atoms with E-state index in [4.69, 9.17) is 0 Å². The van der Waals surface area contributed by atoms with E-state index in [-0.39, 0.29) is 18.9 Å². The number of anilines is 2. The number of carbonyl (C=O) groups is 1. The molecule has 2 aromatic rings. The average molecular weight is 389 g/mol. The van der Waals surface area contributed by atoms with E-state index in [1.807, 2.05) is 43.3 Å². The van der Waals surface area contributed by atoms with E-state index in [0.717, 1.165) is 16.8 Å². The van der Waals surface area contributed by atoms with Crippen LogP contribution in [0.4, 0.5) is 11.4 Å². The molecule has 1 N–H and O–H groups in total. The molecule has 0 aliphatic heterocycles. The SMILES string of the molecule is Cc1ccc(N(CCCC(=O)Nc2ccccc2C(C)C)S(C)(=O)=O)cc1. The fourth-order valence-corrected chi connectivity index (χ4v) is 3.87. The van der Waals surface area contributed by atoms with Crippen molar-refractivity contribution in [2.24, 2.45) is 0 Å². The second-order valence-electron chi connectivity index (χ2n) is 7.06. The summed E-state index contributed by atoms with van der Waals surface area (Å²) in [5.74, 6) is 0.198. The highest BCUT2D eigenvalue weighted by Crippen LogP contribution is 2.24. The minimum atomic E-state index is -3.40. The lowest BCUT2D eigenvalue weighted by atomic mass is 10.0. The molecule has 2 aromatic carbocycles. The molecule has 27 heavy (non-hydrogen) atoms. The maximum atomic E-state index is 12.3. The van der Waals surface area contributed by atoms with Crippen LogP contribution in [0.25, 0.3) is 0 Å². The van der Waals surface area contributed by atoms with Gasteiger partial charge < -0.3 is 5.32 Å². The molecule has 0 unspecified atom stereocenters. The zero-order valence-corrected chi connectivity index (χ0v) is 17.2. The minimum absolute atomic E-state index is 0.111. The van der Waals surface area contributed by atoms with Crippen LogP contribution >= 0.6 is 0 Å². The van der Waals surface area contributed by atoms with Gasteiger partial charge in [0, 0.05) is 18.7 Å². The Hall–Kier alpha value is -2.34. The molecule has 2 rings (SSSR count). The predicted molar refractivity (Wildman–Crippen MR) is 112 cm³/mol. The third-order valence-corrected chi connectivity index (χ3v) is 5.54. The van der Waals surface area contributed by atoms with Gasteiger partial charge in [-0.05, 0) is 43.0 Å². The van der Waals surface area contributed by atoms with E-state index in [0.29, 0.717) is 18.0 Å². The summed E-state index contributed by atoms with van der Waals surface area (Å²) in [6, 6.07) is 15.1. The maximum Gasteiger partial charge on any atom is 0.232 e. The third kappa shape index (κ3) is 6.10. The summed E-state index contributed by atoms with van der Waals surface area (Å²) >= 11 is 0. The van der Waals surface area contributed by atoms with Crippen LogP contribution in [0.5, 0.6) is 0 Å². The zero-order chi connectivity index (χ0) is 20.0. The standard InChI is InChI=1S/C21H28N2O3S/c1-16(2)19-8-5-6-9-20(19)22-21(24)10-7-15-23(27(4,25)26)18-13-11-17(3)12-14-18/h5-6,8-9,11-14,16H,7,10,15H2,1-4H3,(H,22,24). The second-order valence-corrected chi connectivity index (χ2v) is 8.97. The minimum Gasteiger partial charge on any atom is -0.326 e. The van der Waals surface area contributed by atoms with Gasteiger partial charge in [0.05, 0.1) is 11.9 Å². The summed E-state index contributed by atoms with van der Waals surface area (Å²) in [6.45, 7) is 6.38. The Labute approximate surface area is 162 Å². The first-order chi connectivity index (χ1) is 12.7. The Balaban J connectivity index is 1.99. The molecule has 6 heteroatoms. The molecule has 0 bridgehead atoms. The number of amides is 1. The normalized spacial score (nSPS) is 11.4. The van der Waals surface area contributed by atoms with Crippen molar-refractivity contribution in [2.75, 3.05) is 22.4 Å². The summed E-state index contributed by atoms with van der Waals surface area (Å²) in [6.07, 6.45) is 1.88. The van der Waals surface area contributed by atoms with Gasteiger partial charge in [0.15, 0.2) is 0 Å². The molecule has 0 aromatic heterocycles. The number of nitrogens with one attached hydrogen (secondary N) is 1. The molecule has 0 atom stereocenters. The van der Waals surface area contributed by atoms with Gasteiger partial charge in [-0.25, -0.2) is 8.42 Å². The number of sulfonamides is 1. The number of hydrogen-bond donors (Lipinski definition) is 1. The van der Waals surface area contributed by atoms with Gasteiger partial charge in [0.2, 0.25) is 15.9 Å². The molecule has 0 aliphatic carbocycles. The van der Waals surface area contributed by atoms with Crippen molar-refractivity contribution in [3.8, 4) is 0 Å². The van der Waals surface area contributed by atoms with Crippen LogP contribution in [0.1, 0.15) is 43.7 Å². The van der Waals surface area contributed by atoms with E-state index < -0.39 is 10.0 Å². The summed E-state index contributed by atoms with van der Waals surface area (Å²) in [7, 11) is -3.40. The monoisotopic (exact) mass is 388 g/mol. The Morgan fingerprint density at radius 1 is 1.07 bits per heavy atom. The van der Waals surface area contributed by atoms with Crippen molar-refractivity contribution in [3.63, 3.8) is 0 Å². The maximum absolute atomic E-state index is 12.3. The largest absolute Gasteiger partial charge is 0.326 e. The number of rotatable bonds is 8. The molecule has 0 saturated heterocycles. The molecule has 0 radical (unpaired) electrons. The summed E-state index contributed by atoms with van der Waals surface area (Å²) in [4.78, 5) is 12.3.